The number of carbonyl (C=O) groups is 1. The molecule has 1 amide bonds. The molecule has 0 radical (unpaired) electrons. The van der Waals surface area contributed by atoms with Crippen LogP contribution >= 0.6 is 0 Å². The van der Waals surface area contributed by atoms with E-state index in [4.69, 9.17) is 10.5 Å². The molecule has 0 saturated carbocycles. The maximum Gasteiger partial charge on any atom is 0.249 e. The van der Waals surface area contributed by atoms with E-state index >= 15 is 0 Å². The van der Waals surface area contributed by atoms with Gasteiger partial charge in [0.1, 0.15) is 11.9 Å². The minimum atomic E-state index is -0.537. The summed E-state index contributed by atoms with van der Waals surface area (Å²) in [4.78, 5) is 10.6. The summed E-state index contributed by atoms with van der Waals surface area (Å²) in [5, 5.41) is 0. The van der Waals surface area contributed by atoms with E-state index in [0.29, 0.717) is 0 Å². The maximum absolute atomic E-state index is 12.5. The molecule has 4 heteroatoms. The van der Waals surface area contributed by atoms with Gasteiger partial charge in [0.05, 0.1) is 0 Å². The molecule has 1 saturated heterocycles. The van der Waals surface area contributed by atoms with Crippen LogP contribution in [-0.2, 0) is 9.53 Å². The van der Waals surface area contributed by atoms with Crippen molar-refractivity contribution in [2.24, 2.45) is 5.73 Å². The molecule has 2 atom stereocenters. The van der Waals surface area contributed by atoms with Crippen LogP contribution in [-0.4, -0.2) is 12.0 Å². The summed E-state index contributed by atoms with van der Waals surface area (Å²) in [6.45, 7) is 0. The summed E-state index contributed by atoms with van der Waals surface area (Å²) in [5.41, 5.74) is 5.80. The Kier molecular flexibility index (Phi) is 1.77. The van der Waals surface area contributed by atoms with Crippen LogP contribution < -0.4 is 5.73 Å². The van der Waals surface area contributed by atoms with E-state index in [0.717, 1.165) is 5.56 Å². The average Bonchev–Trinajstić information content (AvgIpc) is 2.85. The Morgan fingerprint density at radius 3 is 2.46 bits per heavy atom. The van der Waals surface area contributed by atoms with Crippen molar-refractivity contribution < 1.29 is 13.9 Å². The number of hydrogen-bond donors (Lipinski definition) is 1. The first-order valence-corrected chi connectivity index (χ1v) is 3.89. The van der Waals surface area contributed by atoms with Crippen LogP contribution in [0.25, 0.3) is 0 Å². The highest BCUT2D eigenvalue weighted by Crippen LogP contribution is 2.38. The van der Waals surface area contributed by atoms with E-state index in [9.17, 15) is 9.18 Å². The lowest BCUT2D eigenvalue weighted by atomic mass is 10.1. The fourth-order valence-corrected chi connectivity index (χ4v) is 1.23. The molecular formula is C9H8FNO2. The zero-order chi connectivity index (χ0) is 9.42. The van der Waals surface area contributed by atoms with Gasteiger partial charge in [-0.3, -0.25) is 4.79 Å². The van der Waals surface area contributed by atoms with Crippen molar-refractivity contribution in [2.75, 3.05) is 0 Å². The molecule has 0 bridgehead atoms. The number of epoxide rings is 1. The quantitative estimate of drug-likeness (QED) is 0.684. The molecule has 2 unspecified atom stereocenters. The van der Waals surface area contributed by atoms with Gasteiger partial charge in [0.25, 0.3) is 0 Å². The first-order chi connectivity index (χ1) is 6.18. The Bertz CT molecular complexity index is 336. The van der Waals surface area contributed by atoms with Crippen LogP contribution in [0.1, 0.15) is 11.7 Å². The molecule has 0 spiro atoms. The maximum atomic E-state index is 12.5. The summed E-state index contributed by atoms with van der Waals surface area (Å²) in [6.07, 6.45) is -0.816. The van der Waals surface area contributed by atoms with Gasteiger partial charge in [-0.2, -0.15) is 0 Å². The van der Waals surface area contributed by atoms with Gasteiger partial charge in [0.15, 0.2) is 6.10 Å². The average molecular weight is 181 g/mol. The summed E-state index contributed by atoms with van der Waals surface area (Å²) >= 11 is 0. The van der Waals surface area contributed by atoms with Crippen LogP contribution in [0.5, 0.6) is 0 Å². The SMILES string of the molecule is NC(=O)C1OC1c1ccc(F)cc1. The molecule has 1 aliphatic heterocycles. The summed E-state index contributed by atoms with van der Waals surface area (Å²) < 4.78 is 17.5. The van der Waals surface area contributed by atoms with Gasteiger partial charge < -0.3 is 10.5 Å². The lowest BCUT2D eigenvalue weighted by Gasteiger charge is -1.93. The normalized spacial score (nSPS) is 25.6. The zero-order valence-electron chi connectivity index (χ0n) is 6.74. The highest BCUT2D eigenvalue weighted by atomic mass is 19.1. The number of halogens is 1. The fraction of sp³-hybridized carbons (Fsp3) is 0.222. The molecule has 1 aromatic carbocycles. The summed E-state index contributed by atoms with van der Waals surface area (Å²) in [7, 11) is 0. The van der Waals surface area contributed by atoms with Crippen LogP contribution in [0.2, 0.25) is 0 Å². The van der Waals surface area contributed by atoms with Crippen LogP contribution in [0.4, 0.5) is 4.39 Å². The Morgan fingerprint density at radius 1 is 1.38 bits per heavy atom. The van der Waals surface area contributed by atoms with Crippen LogP contribution in [0, 0.1) is 5.82 Å². The molecule has 0 aromatic heterocycles. The van der Waals surface area contributed by atoms with Gasteiger partial charge in [-0.25, -0.2) is 4.39 Å². The van der Waals surface area contributed by atoms with Gasteiger partial charge >= 0.3 is 0 Å². The second kappa shape index (κ2) is 2.81. The third-order valence-electron chi connectivity index (χ3n) is 1.97. The smallest absolute Gasteiger partial charge is 0.249 e. The Morgan fingerprint density at radius 2 is 2.00 bits per heavy atom. The Hall–Kier alpha value is -1.42. The Balaban J connectivity index is 2.12. The van der Waals surface area contributed by atoms with Crippen molar-refractivity contribution in [3.8, 4) is 0 Å². The minimum absolute atomic E-state index is 0.280. The van der Waals surface area contributed by atoms with Gasteiger partial charge in [-0.05, 0) is 17.7 Å². The fourth-order valence-electron chi connectivity index (χ4n) is 1.23. The first-order valence-electron chi connectivity index (χ1n) is 3.89. The van der Waals surface area contributed by atoms with Crippen molar-refractivity contribution >= 4 is 5.91 Å². The number of ether oxygens (including phenoxy) is 1. The van der Waals surface area contributed by atoms with Crippen molar-refractivity contribution in [3.63, 3.8) is 0 Å². The molecule has 1 fully saturated rings. The van der Waals surface area contributed by atoms with E-state index in [1.807, 2.05) is 0 Å². The zero-order valence-corrected chi connectivity index (χ0v) is 6.74. The van der Waals surface area contributed by atoms with E-state index in [-0.39, 0.29) is 11.9 Å². The molecule has 13 heavy (non-hydrogen) atoms. The highest BCUT2D eigenvalue weighted by molar-refractivity contribution is 5.82. The number of benzene rings is 1. The molecule has 3 nitrogen and oxygen atoms in total. The largest absolute Gasteiger partial charge is 0.367 e. The minimum Gasteiger partial charge on any atom is -0.367 e. The molecule has 1 aromatic rings. The summed E-state index contributed by atoms with van der Waals surface area (Å²) in [6, 6.07) is 5.83. The molecular weight excluding hydrogens is 173 g/mol. The number of amides is 1. The van der Waals surface area contributed by atoms with E-state index in [1.165, 1.54) is 12.1 Å². The first kappa shape index (κ1) is 8.19. The van der Waals surface area contributed by atoms with Gasteiger partial charge in [0.2, 0.25) is 5.91 Å². The molecule has 1 aliphatic rings. The number of rotatable bonds is 2. The lowest BCUT2D eigenvalue weighted by molar-refractivity contribution is -0.119. The number of carbonyl (C=O) groups excluding carboxylic acids is 1. The third-order valence-corrected chi connectivity index (χ3v) is 1.97. The molecule has 68 valence electrons. The van der Waals surface area contributed by atoms with Gasteiger partial charge in [-0.15, -0.1) is 0 Å². The van der Waals surface area contributed by atoms with Gasteiger partial charge in [0, 0.05) is 0 Å². The second-order valence-electron chi connectivity index (χ2n) is 2.93. The van der Waals surface area contributed by atoms with Crippen molar-refractivity contribution in [1.82, 2.24) is 0 Å². The third kappa shape index (κ3) is 1.53. The van der Waals surface area contributed by atoms with E-state index in [2.05, 4.69) is 0 Å². The monoisotopic (exact) mass is 181 g/mol. The van der Waals surface area contributed by atoms with Crippen molar-refractivity contribution in [1.29, 1.82) is 0 Å². The molecule has 2 N–H and O–H groups in total. The number of primary amides is 1. The number of hydrogen-bond acceptors (Lipinski definition) is 2. The number of nitrogens with two attached hydrogens (primary N) is 1. The predicted molar refractivity (Wildman–Crippen MR) is 43.2 cm³/mol. The summed E-state index contributed by atoms with van der Waals surface area (Å²) in [5.74, 6) is -0.783. The highest BCUT2D eigenvalue weighted by Gasteiger charge is 2.44. The van der Waals surface area contributed by atoms with Crippen molar-refractivity contribution in [3.05, 3.63) is 35.6 Å². The van der Waals surface area contributed by atoms with Crippen molar-refractivity contribution in [2.45, 2.75) is 12.2 Å². The lowest BCUT2D eigenvalue weighted by Crippen LogP contribution is -2.18. The standard InChI is InChI=1S/C9H8FNO2/c10-6-3-1-5(2-4-6)7-8(13-7)9(11)12/h1-4,7-8H,(H2,11,12). The van der Waals surface area contributed by atoms with Crippen LogP contribution in [0.15, 0.2) is 24.3 Å². The van der Waals surface area contributed by atoms with E-state index in [1.54, 1.807) is 12.1 Å². The molecule has 0 aliphatic carbocycles. The van der Waals surface area contributed by atoms with Crippen LogP contribution in [0.3, 0.4) is 0 Å². The second-order valence-corrected chi connectivity index (χ2v) is 2.93. The molecule has 1 heterocycles. The topological polar surface area (TPSA) is 55.6 Å². The van der Waals surface area contributed by atoms with E-state index < -0.39 is 12.0 Å². The molecule has 2 rings (SSSR count). The van der Waals surface area contributed by atoms with Gasteiger partial charge in [-0.1, -0.05) is 12.1 Å². The predicted octanol–water partition coefficient (Wildman–Crippen LogP) is 0.751. The Labute approximate surface area is 74.3 Å².